The van der Waals surface area contributed by atoms with E-state index in [-0.39, 0.29) is 5.91 Å². The molecule has 1 amide bonds. The number of nitrogen functional groups attached to an aromatic ring is 1. The zero-order valence-electron chi connectivity index (χ0n) is 10.2. The van der Waals surface area contributed by atoms with Crippen LogP contribution >= 0.6 is 43.2 Å². The molecule has 0 unspecified atom stereocenters. The van der Waals surface area contributed by atoms with Gasteiger partial charge in [0.05, 0.1) is 3.79 Å². The van der Waals surface area contributed by atoms with Gasteiger partial charge < -0.3 is 10.6 Å². The average molecular weight is 404 g/mol. The second-order valence-electron chi connectivity index (χ2n) is 4.16. The molecule has 1 heterocycles. The molecule has 0 aliphatic rings. The van der Waals surface area contributed by atoms with Crippen LogP contribution in [0.3, 0.4) is 0 Å². The molecule has 1 aromatic carbocycles. The van der Waals surface area contributed by atoms with Gasteiger partial charge >= 0.3 is 0 Å². The van der Waals surface area contributed by atoms with Crippen LogP contribution in [0, 0.1) is 0 Å². The fourth-order valence-electron chi connectivity index (χ4n) is 1.67. The summed E-state index contributed by atoms with van der Waals surface area (Å²) in [6.45, 7) is 0.580. The quantitative estimate of drug-likeness (QED) is 0.783. The van der Waals surface area contributed by atoms with Gasteiger partial charge in [0, 0.05) is 29.3 Å². The molecule has 0 aliphatic carbocycles. The van der Waals surface area contributed by atoms with Gasteiger partial charge in [-0.15, -0.1) is 11.3 Å². The van der Waals surface area contributed by atoms with Gasteiger partial charge in [0.1, 0.15) is 0 Å². The normalized spacial score (nSPS) is 10.5. The van der Waals surface area contributed by atoms with E-state index in [2.05, 4.69) is 31.9 Å². The van der Waals surface area contributed by atoms with Crippen molar-refractivity contribution in [1.82, 2.24) is 4.90 Å². The highest BCUT2D eigenvalue weighted by Crippen LogP contribution is 2.23. The van der Waals surface area contributed by atoms with Crippen molar-refractivity contribution < 1.29 is 4.79 Å². The van der Waals surface area contributed by atoms with Crippen molar-refractivity contribution in [3.63, 3.8) is 0 Å². The zero-order valence-corrected chi connectivity index (χ0v) is 14.2. The lowest BCUT2D eigenvalue weighted by atomic mass is 10.1. The van der Waals surface area contributed by atoms with Gasteiger partial charge in [0.15, 0.2) is 0 Å². The lowest BCUT2D eigenvalue weighted by Gasteiger charge is -2.17. The Morgan fingerprint density at radius 1 is 1.37 bits per heavy atom. The van der Waals surface area contributed by atoms with E-state index < -0.39 is 0 Å². The van der Waals surface area contributed by atoms with Crippen LogP contribution in [-0.2, 0) is 6.54 Å². The second kappa shape index (κ2) is 6.07. The van der Waals surface area contributed by atoms with Crippen LogP contribution in [0.25, 0.3) is 0 Å². The highest BCUT2D eigenvalue weighted by molar-refractivity contribution is 9.11. The Bertz CT molecular complexity index is 612. The van der Waals surface area contributed by atoms with Gasteiger partial charge in [-0.2, -0.15) is 0 Å². The topological polar surface area (TPSA) is 46.3 Å². The number of thiophene rings is 1. The number of halogens is 2. The Balaban J connectivity index is 2.12. The molecule has 0 aliphatic heterocycles. The van der Waals surface area contributed by atoms with Gasteiger partial charge in [0.2, 0.25) is 0 Å². The number of nitrogens with two attached hydrogens (primary N) is 1. The predicted molar refractivity (Wildman–Crippen MR) is 86.4 cm³/mol. The first-order chi connectivity index (χ1) is 8.97. The summed E-state index contributed by atoms with van der Waals surface area (Å²) in [5.74, 6) is -0.0403. The van der Waals surface area contributed by atoms with Gasteiger partial charge in [0.25, 0.3) is 5.91 Å². The summed E-state index contributed by atoms with van der Waals surface area (Å²) in [7, 11) is 1.78. The summed E-state index contributed by atoms with van der Waals surface area (Å²) in [5, 5.41) is 2.03. The van der Waals surface area contributed by atoms with Crippen LogP contribution in [0.2, 0.25) is 0 Å². The summed E-state index contributed by atoms with van der Waals surface area (Å²) >= 11 is 8.34. The van der Waals surface area contributed by atoms with Crippen LogP contribution in [0.4, 0.5) is 5.69 Å². The molecule has 1 aromatic heterocycles. The minimum Gasteiger partial charge on any atom is -0.398 e. The smallest absolute Gasteiger partial charge is 0.253 e. The molecule has 0 bridgehead atoms. The summed E-state index contributed by atoms with van der Waals surface area (Å²) in [4.78, 5) is 13.9. The molecule has 2 rings (SSSR count). The number of rotatable bonds is 3. The third-order valence-electron chi connectivity index (χ3n) is 2.63. The average Bonchev–Trinajstić information content (AvgIpc) is 2.77. The van der Waals surface area contributed by atoms with E-state index in [1.165, 1.54) is 0 Å². The highest BCUT2D eigenvalue weighted by atomic mass is 79.9. The lowest BCUT2D eigenvalue weighted by Crippen LogP contribution is -2.26. The van der Waals surface area contributed by atoms with Crippen molar-refractivity contribution in [3.05, 3.63) is 49.0 Å². The highest BCUT2D eigenvalue weighted by Gasteiger charge is 2.13. The summed E-state index contributed by atoms with van der Waals surface area (Å²) in [6.07, 6.45) is 0. The van der Waals surface area contributed by atoms with E-state index in [1.807, 2.05) is 11.4 Å². The van der Waals surface area contributed by atoms with E-state index in [9.17, 15) is 4.79 Å². The zero-order chi connectivity index (χ0) is 14.0. The molecule has 0 saturated carbocycles. The van der Waals surface area contributed by atoms with E-state index in [0.717, 1.165) is 13.8 Å². The van der Waals surface area contributed by atoms with E-state index in [1.54, 1.807) is 41.5 Å². The monoisotopic (exact) mass is 402 g/mol. The van der Waals surface area contributed by atoms with Gasteiger partial charge in [-0.05, 0) is 67.1 Å². The van der Waals surface area contributed by atoms with Crippen molar-refractivity contribution in [2.45, 2.75) is 6.54 Å². The Morgan fingerprint density at radius 3 is 2.68 bits per heavy atom. The molecule has 6 heteroatoms. The largest absolute Gasteiger partial charge is 0.398 e. The number of hydrogen-bond donors (Lipinski definition) is 1. The van der Waals surface area contributed by atoms with Gasteiger partial charge in [-0.3, -0.25) is 4.79 Å². The molecule has 3 nitrogen and oxygen atoms in total. The fraction of sp³-hybridized carbons (Fsp3) is 0.154. The van der Waals surface area contributed by atoms with Crippen molar-refractivity contribution in [2.75, 3.05) is 12.8 Å². The van der Waals surface area contributed by atoms with Crippen molar-refractivity contribution >= 4 is 54.8 Å². The molecule has 19 heavy (non-hydrogen) atoms. The van der Waals surface area contributed by atoms with Crippen LogP contribution in [0.5, 0.6) is 0 Å². The number of amides is 1. The van der Waals surface area contributed by atoms with Crippen LogP contribution in [0.15, 0.2) is 37.9 Å². The summed E-state index contributed by atoms with van der Waals surface area (Å²) in [6, 6.07) is 7.26. The number of carbonyl (C=O) groups excluding carboxylic acids is 1. The van der Waals surface area contributed by atoms with Crippen molar-refractivity contribution in [2.24, 2.45) is 0 Å². The molecule has 0 radical (unpaired) electrons. The molecule has 2 aromatic rings. The first kappa shape index (κ1) is 14.6. The maximum Gasteiger partial charge on any atom is 0.253 e. The SMILES string of the molecule is CN(Cc1csc(Br)c1)C(=O)c1ccc(Br)c(N)c1. The van der Waals surface area contributed by atoms with Gasteiger partial charge in [-0.1, -0.05) is 0 Å². The fourth-order valence-corrected chi connectivity index (χ4v) is 3.12. The number of carbonyl (C=O) groups is 1. The Hall–Kier alpha value is -0.850. The van der Waals surface area contributed by atoms with Crippen LogP contribution < -0.4 is 5.73 Å². The maximum atomic E-state index is 12.3. The third-order valence-corrected chi connectivity index (χ3v) is 4.91. The Labute approximate surface area is 132 Å². The van der Waals surface area contributed by atoms with E-state index in [0.29, 0.717) is 17.8 Å². The van der Waals surface area contributed by atoms with Crippen LogP contribution in [0.1, 0.15) is 15.9 Å². The molecular weight excluding hydrogens is 392 g/mol. The number of benzene rings is 1. The molecule has 100 valence electrons. The van der Waals surface area contributed by atoms with E-state index >= 15 is 0 Å². The van der Waals surface area contributed by atoms with Crippen molar-refractivity contribution in [1.29, 1.82) is 0 Å². The third kappa shape index (κ3) is 3.58. The maximum absolute atomic E-state index is 12.3. The molecule has 0 saturated heterocycles. The second-order valence-corrected chi connectivity index (χ2v) is 7.30. The number of anilines is 1. The standard InChI is InChI=1S/C13H12Br2N2OS/c1-17(6-8-4-12(15)19-7-8)13(18)9-2-3-10(14)11(16)5-9/h2-5,7H,6,16H2,1H3. The number of hydrogen-bond acceptors (Lipinski definition) is 3. The molecule has 0 fully saturated rings. The van der Waals surface area contributed by atoms with Gasteiger partial charge in [-0.25, -0.2) is 0 Å². The first-order valence-electron chi connectivity index (χ1n) is 5.51. The molecule has 2 N–H and O–H groups in total. The summed E-state index contributed by atoms with van der Waals surface area (Å²) < 4.78 is 1.87. The van der Waals surface area contributed by atoms with Crippen molar-refractivity contribution in [3.8, 4) is 0 Å². The summed E-state index contributed by atoms with van der Waals surface area (Å²) in [5.41, 5.74) is 8.06. The predicted octanol–water partition coefficient (Wildman–Crippen LogP) is 4.13. The Kier molecular flexibility index (Phi) is 4.65. The molecular formula is C13H12Br2N2OS. The Morgan fingerprint density at radius 2 is 2.11 bits per heavy atom. The van der Waals surface area contributed by atoms with Crippen LogP contribution in [-0.4, -0.2) is 17.9 Å². The molecule has 0 spiro atoms. The first-order valence-corrected chi connectivity index (χ1v) is 7.97. The minimum absolute atomic E-state index is 0.0403. The minimum atomic E-state index is -0.0403. The van der Waals surface area contributed by atoms with E-state index in [4.69, 9.17) is 5.73 Å². The molecule has 0 atom stereocenters. The lowest BCUT2D eigenvalue weighted by molar-refractivity contribution is 0.0785. The number of nitrogens with zero attached hydrogens (tertiary/aromatic N) is 1.